The Balaban J connectivity index is 1.82. The number of amides is 1. The number of nitrogens with zero attached hydrogens (tertiary/aromatic N) is 3. The van der Waals surface area contributed by atoms with Crippen LogP contribution in [-0.2, 0) is 0 Å². The molecule has 0 aliphatic carbocycles. The number of para-hydroxylation sites is 1. The van der Waals surface area contributed by atoms with E-state index in [1.54, 1.807) is 41.8 Å². The number of nitrogens with one attached hydrogen (secondary N) is 1. The zero-order chi connectivity index (χ0) is 15.5. The maximum Gasteiger partial charge on any atom is 0.290 e. The summed E-state index contributed by atoms with van der Waals surface area (Å²) in [6.07, 6.45) is 3.17. The molecule has 2 heterocycles. The number of carbonyl (C=O) groups excluding carboxylic acids is 1. The smallest absolute Gasteiger partial charge is 0.290 e. The molecule has 3 rings (SSSR count). The van der Waals surface area contributed by atoms with E-state index in [1.165, 1.54) is 6.21 Å². The van der Waals surface area contributed by atoms with Crippen LogP contribution in [-0.4, -0.2) is 26.6 Å². The van der Waals surface area contributed by atoms with E-state index >= 15 is 0 Å². The molecule has 1 aromatic carbocycles. The second kappa shape index (κ2) is 5.69. The summed E-state index contributed by atoms with van der Waals surface area (Å²) >= 11 is 0. The number of aryl methyl sites for hydroxylation is 1. The molecule has 110 valence electrons. The average Bonchev–Trinajstić information content (AvgIpc) is 2.85. The van der Waals surface area contributed by atoms with Crippen molar-refractivity contribution in [1.29, 1.82) is 0 Å². The molecule has 0 saturated carbocycles. The normalized spacial score (nSPS) is 11.1. The number of hydrogen-bond donors (Lipinski definition) is 2. The van der Waals surface area contributed by atoms with Crippen LogP contribution in [0.1, 0.15) is 21.7 Å². The fraction of sp³-hybridized carbons (Fsp3) is 0.0625. The molecule has 0 aliphatic rings. The quantitative estimate of drug-likeness (QED) is 0.573. The molecule has 0 saturated heterocycles. The van der Waals surface area contributed by atoms with Crippen LogP contribution in [0.2, 0.25) is 0 Å². The van der Waals surface area contributed by atoms with Crippen molar-refractivity contribution in [3.05, 3.63) is 65.6 Å². The fourth-order valence-corrected chi connectivity index (χ4v) is 2.20. The summed E-state index contributed by atoms with van der Waals surface area (Å²) in [6.45, 7) is 1.77. The molecule has 0 unspecified atom stereocenters. The lowest BCUT2D eigenvalue weighted by Crippen LogP contribution is -2.20. The number of imidazole rings is 1. The Labute approximate surface area is 126 Å². The van der Waals surface area contributed by atoms with E-state index in [-0.39, 0.29) is 11.7 Å². The van der Waals surface area contributed by atoms with Gasteiger partial charge in [-0.25, -0.2) is 10.4 Å². The second-order valence-corrected chi connectivity index (χ2v) is 4.73. The van der Waals surface area contributed by atoms with Crippen LogP contribution in [0.5, 0.6) is 5.75 Å². The molecule has 0 aliphatic heterocycles. The van der Waals surface area contributed by atoms with Gasteiger partial charge in [0.15, 0.2) is 0 Å². The Morgan fingerprint density at radius 1 is 1.27 bits per heavy atom. The number of aromatic hydroxyl groups is 1. The van der Waals surface area contributed by atoms with Crippen LogP contribution in [0.4, 0.5) is 0 Å². The number of phenols is 1. The van der Waals surface area contributed by atoms with Crippen molar-refractivity contribution in [3.8, 4) is 5.75 Å². The largest absolute Gasteiger partial charge is 0.507 e. The molecule has 6 heteroatoms. The van der Waals surface area contributed by atoms with Crippen molar-refractivity contribution in [2.24, 2.45) is 5.10 Å². The minimum atomic E-state index is -0.358. The van der Waals surface area contributed by atoms with Gasteiger partial charge in [0.25, 0.3) is 5.91 Å². The molecular formula is C16H14N4O2. The van der Waals surface area contributed by atoms with E-state index in [1.807, 2.05) is 18.2 Å². The van der Waals surface area contributed by atoms with Crippen molar-refractivity contribution in [1.82, 2.24) is 14.8 Å². The predicted octanol–water partition coefficient (Wildman–Crippen LogP) is 2.11. The molecule has 0 bridgehead atoms. The Kier molecular flexibility index (Phi) is 3.57. The summed E-state index contributed by atoms with van der Waals surface area (Å²) in [7, 11) is 0. The molecule has 0 atom stereocenters. The Hall–Kier alpha value is -3.15. The Bertz CT molecular complexity index is 867. The number of phenolic OH excluding ortho intramolecular Hbond substituents is 1. The number of aromatic nitrogens is 2. The summed E-state index contributed by atoms with van der Waals surface area (Å²) in [5, 5.41) is 13.5. The molecule has 0 fully saturated rings. The molecule has 6 nitrogen and oxygen atoms in total. The van der Waals surface area contributed by atoms with E-state index in [4.69, 9.17) is 0 Å². The highest BCUT2D eigenvalue weighted by Gasteiger charge is 2.15. The van der Waals surface area contributed by atoms with Gasteiger partial charge in [0.2, 0.25) is 0 Å². The lowest BCUT2D eigenvalue weighted by molar-refractivity contribution is 0.0948. The fourth-order valence-electron chi connectivity index (χ4n) is 2.20. The van der Waals surface area contributed by atoms with Crippen molar-refractivity contribution in [3.63, 3.8) is 0 Å². The lowest BCUT2D eigenvalue weighted by atomic mass is 10.2. The van der Waals surface area contributed by atoms with E-state index in [0.717, 1.165) is 0 Å². The SMILES string of the molecule is Cc1nc2ccccn2c1C(=O)NN=Cc1ccccc1O. The number of benzene rings is 1. The topological polar surface area (TPSA) is 79.0 Å². The van der Waals surface area contributed by atoms with Gasteiger partial charge in [0.05, 0.1) is 11.9 Å². The molecule has 3 aromatic rings. The van der Waals surface area contributed by atoms with Crippen LogP contribution in [0, 0.1) is 6.92 Å². The predicted molar refractivity (Wildman–Crippen MR) is 83.1 cm³/mol. The highest BCUT2D eigenvalue weighted by molar-refractivity contribution is 5.95. The molecular weight excluding hydrogens is 280 g/mol. The third kappa shape index (κ3) is 2.54. The third-order valence-corrected chi connectivity index (χ3v) is 3.23. The summed E-state index contributed by atoms with van der Waals surface area (Å²) in [5.74, 6) is -0.255. The van der Waals surface area contributed by atoms with Gasteiger partial charge < -0.3 is 5.11 Å². The van der Waals surface area contributed by atoms with Gasteiger partial charge in [-0.3, -0.25) is 9.20 Å². The summed E-state index contributed by atoms with van der Waals surface area (Å²) in [5.41, 5.74) is 4.74. The number of fused-ring (bicyclic) bond motifs is 1. The molecule has 0 spiro atoms. The molecule has 22 heavy (non-hydrogen) atoms. The van der Waals surface area contributed by atoms with Gasteiger partial charge in [-0.1, -0.05) is 18.2 Å². The summed E-state index contributed by atoms with van der Waals surface area (Å²) in [6, 6.07) is 12.3. The number of carbonyl (C=O) groups is 1. The molecule has 2 aromatic heterocycles. The van der Waals surface area contributed by atoms with E-state index in [2.05, 4.69) is 15.5 Å². The van der Waals surface area contributed by atoms with Crippen LogP contribution in [0.25, 0.3) is 5.65 Å². The Morgan fingerprint density at radius 3 is 2.86 bits per heavy atom. The van der Waals surface area contributed by atoms with E-state index in [0.29, 0.717) is 22.6 Å². The first-order valence-corrected chi connectivity index (χ1v) is 6.72. The first-order chi connectivity index (χ1) is 10.7. The first-order valence-electron chi connectivity index (χ1n) is 6.72. The highest BCUT2D eigenvalue weighted by atomic mass is 16.3. The molecule has 2 N–H and O–H groups in total. The van der Waals surface area contributed by atoms with Gasteiger partial charge in [-0.15, -0.1) is 0 Å². The maximum atomic E-state index is 12.3. The Morgan fingerprint density at radius 2 is 2.05 bits per heavy atom. The van der Waals surface area contributed by atoms with Crippen LogP contribution < -0.4 is 5.43 Å². The average molecular weight is 294 g/mol. The van der Waals surface area contributed by atoms with Crippen LogP contribution in [0.15, 0.2) is 53.8 Å². The van der Waals surface area contributed by atoms with Crippen LogP contribution >= 0.6 is 0 Å². The van der Waals surface area contributed by atoms with Crippen molar-refractivity contribution < 1.29 is 9.90 Å². The van der Waals surface area contributed by atoms with Gasteiger partial charge in [-0.05, 0) is 31.2 Å². The minimum Gasteiger partial charge on any atom is -0.507 e. The standard InChI is InChI=1S/C16H14N4O2/c1-11-15(20-9-5-4-8-14(20)18-11)16(22)19-17-10-12-6-2-3-7-13(12)21/h2-10,21H,1H3,(H,19,22). The monoisotopic (exact) mass is 294 g/mol. The number of rotatable bonds is 3. The summed E-state index contributed by atoms with van der Waals surface area (Å²) in [4.78, 5) is 16.6. The second-order valence-electron chi connectivity index (χ2n) is 4.73. The molecule has 0 radical (unpaired) electrons. The van der Waals surface area contributed by atoms with Gasteiger partial charge in [0, 0.05) is 11.8 Å². The zero-order valence-corrected chi connectivity index (χ0v) is 11.9. The van der Waals surface area contributed by atoms with Crippen molar-refractivity contribution >= 4 is 17.8 Å². The highest BCUT2D eigenvalue weighted by Crippen LogP contribution is 2.13. The lowest BCUT2D eigenvalue weighted by Gasteiger charge is -2.01. The number of hydrazone groups is 1. The maximum absolute atomic E-state index is 12.3. The van der Waals surface area contributed by atoms with Crippen molar-refractivity contribution in [2.75, 3.05) is 0 Å². The van der Waals surface area contributed by atoms with Gasteiger partial charge >= 0.3 is 0 Å². The summed E-state index contributed by atoms with van der Waals surface area (Å²) < 4.78 is 1.71. The van der Waals surface area contributed by atoms with Gasteiger partial charge in [-0.2, -0.15) is 5.10 Å². The zero-order valence-electron chi connectivity index (χ0n) is 11.9. The van der Waals surface area contributed by atoms with E-state index in [9.17, 15) is 9.90 Å². The van der Waals surface area contributed by atoms with Gasteiger partial charge in [0.1, 0.15) is 17.1 Å². The third-order valence-electron chi connectivity index (χ3n) is 3.23. The molecule has 1 amide bonds. The van der Waals surface area contributed by atoms with Crippen molar-refractivity contribution in [2.45, 2.75) is 6.92 Å². The number of pyridine rings is 1. The number of hydrogen-bond acceptors (Lipinski definition) is 4. The van der Waals surface area contributed by atoms with Crippen LogP contribution in [0.3, 0.4) is 0 Å². The first kappa shape index (κ1) is 13.8. The minimum absolute atomic E-state index is 0.103. The van der Waals surface area contributed by atoms with E-state index < -0.39 is 0 Å².